The summed E-state index contributed by atoms with van der Waals surface area (Å²) >= 11 is 0. The van der Waals surface area contributed by atoms with Gasteiger partial charge in [-0.2, -0.15) is 0 Å². The second-order valence-electron chi connectivity index (χ2n) is 4.82. The Balaban J connectivity index is 0.00000180. The van der Waals surface area contributed by atoms with E-state index in [-0.39, 0.29) is 42.7 Å². The lowest BCUT2D eigenvalue weighted by Crippen LogP contribution is -2.35. The number of rotatable bonds is 3. The van der Waals surface area contributed by atoms with Crippen LogP contribution in [0.4, 0.5) is 10.2 Å². The van der Waals surface area contributed by atoms with E-state index in [0.717, 1.165) is 31.9 Å². The fourth-order valence-electron chi connectivity index (χ4n) is 2.37. The molecule has 0 aliphatic heterocycles. The van der Waals surface area contributed by atoms with Crippen molar-refractivity contribution in [1.29, 1.82) is 0 Å². The molecule has 1 fully saturated rings. The molecule has 0 spiro atoms. The highest BCUT2D eigenvalue weighted by Crippen LogP contribution is 2.25. The molecule has 2 unspecified atom stereocenters. The number of pyridine rings is 1. The standard InChI is InChI=1S/C13H18FN3O.2ClH/c14-10-5-6-12(16-8-10)17-13(18)7-9-3-1-2-4-11(9)15;;/h5-6,8-9,11H,1-4,7,15H2,(H,16,17,18);2*1H. The van der Waals surface area contributed by atoms with Crippen molar-refractivity contribution >= 4 is 36.5 Å². The van der Waals surface area contributed by atoms with Crippen molar-refractivity contribution in [2.24, 2.45) is 11.7 Å². The molecule has 1 aromatic rings. The quantitative estimate of drug-likeness (QED) is 0.898. The second kappa shape index (κ2) is 9.10. The van der Waals surface area contributed by atoms with Crippen LogP contribution in [-0.4, -0.2) is 16.9 Å². The van der Waals surface area contributed by atoms with Crippen molar-refractivity contribution in [2.45, 2.75) is 38.1 Å². The maximum absolute atomic E-state index is 12.7. The second-order valence-corrected chi connectivity index (χ2v) is 4.82. The molecular formula is C13H20Cl2FN3O. The SMILES string of the molecule is Cl.Cl.NC1CCCCC1CC(=O)Nc1ccc(F)cn1. The Kier molecular flexibility index (Phi) is 8.69. The zero-order valence-corrected chi connectivity index (χ0v) is 12.7. The summed E-state index contributed by atoms with van der Waals surface area (Å²) < 4.78 is 12.7. The van der Waals surface area contributed by atoms with Gasteiger partial charge in [-0.15, -0.1) is 24.8 Å². The Morgan fingerprint density at radius 1 is 1.35 bits per heavy atom. The van der Waals surface area contributed by atoms with Gasteiger partial charge in [0.2, 0.25) is 5.91 Å². The van der Waals surface area contributed by atoms with Gasteiger partial charge in [0.15, 0.2) is 0 Å². The van der Waals surface area contributed by atoms with Gasteiger partial charge in [0, 0.05) is 12.5 Å². The highest BCUT2D eigenvalue weighted by atomic mass is 35.5. The maximum atomic E-state index is 12.7. The third kappa shape index (κ3) is 5.61. The van der Waals surface area contributed by atoms with Gasteiger partial charge in [-0.25, -0.2) is 9.37 Å². The van der Waals surface area contributed by atoms with Crippen LogP contribution in [0.2, 0.25) is 0 Å². The van der Waals surface area contributed by atoms with Crippen LogP contribution in [0.25, 0.3) is 0 Å². The predicted octanol–water partition coefficient (Wildman–Crippen LogP) is 2.91. The van der Waals surface area contributed by atoms with E-state index >= 15 is 0 Å². The largest absolute Gasteiger partial charge is 0.327 e. The Bertz CT molecular complexity index is 417. The van der Waals surface area contributed by atoms with Gasteiger partial charge >= 0.3 is 0 Å². The minimum absolute atomic E-state index is 0. The number of carbonyl (C=O) groups is 1. The number of carbonyl (C=O) groups excluding carboxylic acids is 1. The maximum Gasteiger partial charge on any atom is 0.225 e. The van der Waals surface area contributed by atoms with Crippen molar-refractivity contribution in [3.8, 4) is 0 Å². The van der Waals surface area contributed by atoms with Gasteiger partial charge in [-0.05, 0) is 30.9 Å². The van der Waals surface area contributed by atoms with E-state index in [4.69, 9.17) is 5.73 Å². The molecule has 4 nitrogen and oxygen atoms in total. The molecule has 114 valence electrons. The van der Waals surface area contributed by atoms with E-state index in [1.165, 1.54) is 12.1 Å². The van der Waals surface area contributed by atoms with Crippen LogP contribution >= 0.6 is 24.8 Å². The number of hydrogen-bond donors (Lipinski definition) is 2. The van der Waals surface area contributed by atoms with Gasteiger partial charge in [0.25, 0.3) is 0 Å². The van der Waals surface area contributed by atoms with E-state index in [0.29, 0.717) is 12.2 Å². The van der Waals surface area contributed by atoms with Gasteiger partial charge in [0.05, 0.1) is 6.20 Å². The third-order valence-corrected chi connectivity index (χ3v) is 3.41. The average molecular weight is 324 g/mol. The number of hydrogen-bond acceptors (Lipinski definition) is 3. The van der Waals surface area contributed by atoms with Crippen LogP contribution in [0.3, 0.4) is 0 Å². The van der Waals surface area contributed by atoms with Crippen molar-refractivity contribution in [3.63, 3.8) is 0 Å². The smallest absolute Gasteiger partial charge is 0.225 e. The summed E-state index contributed by atoms with van der Waals surface area (Å²) in [6.07, 6.45) is 5.79. The summed E-state index contributed by atoms with van der Waals surface area (Å²) in [6, 6.07) is 2.84. The van der Waals surface area contributed by atoms with Crippen LogP contribution in [0.5, 0.6) is 0 Å². The van der Waals surface area contributed by atoms with Crippen LogP contribution in [0.15, 0.2) is 18.3 Å². The lowest BCUT2D eigenvalue weighted by atomic mass is 9.83. The van der Waals surface area contributed by atoms with E-state index in [9.17, 15) is 9.18 Å². The van der Waals surface area contributed by atoms with E-state index in [1.807, 2.05) is 0 Å². The fraction of sp³-hybridized carbons (Fsp3) is 0.538. The van der Waals surface area contributed by atoms with Gasteiger partial charge in [-0.3, -0.25) is 4.79 Å². The van der Waals surface area contributed by atoms with Crippen LogP contribution in [0.1, 0.15) is 32.1 Å². The molecule has 0 saturated heterocycles. The molecule has 1 heterocycles. The monoisotopic (exact) mass is 323 g/mol. The molecule has 0 bridgehead atoms. The highest BCUT2D eigenvalue weighted by Gasteiger charge is 2.24. The van der Waals surface area contributed by atoms with Gasteiger partial charge in [0.1, 0.15) is 11.6 Å². The molecule has 1 amide bonds. The highest BCUT2D eigenvalue weighted by molar-refractivity contribution is 5.89. The lowest BCUT2D eigenvalue weighted by Gasteiger charge is -2.27. The van der Waals surface area contributed by atoms with Crippen molar-refractivity contribution in [3.05, 3.63) is 24.1 Å². The third-order valence-electron chi connectivity index (χ3n) is 3.41. The van der Waals surface area contributed by atoms with E-state index in [2.05, 4.69) is 10.3 Å². The van der Waals surface area contributed by atoms with Crippen LogP contribution in [0, 0.1) is 11.7 Å². The van der Waals surface area contributed by atoms with Gasteiger partial charge < -0.3 is 11.1 Å². The molecular weight excluding hydrogens is 304 g/mol. The minimum Gasteiger partial charge on any atom is -0.327 e. The first-order valence-corrected chi connectivity index (χ1v) is 6.32. The number of aromatic nitrogens is 1. The van der Waals surface area contributed by atoms with Gasteiger partial charge in [-0.1, -0.05) is 12.8 Å². The Morgan fingerprint density at radius 2 is 2.05 bits per heavy atom. The zero-order chi connectivity index (χ0) is 13.0. The molecule has 3 N–H and O–H groups in total. The molecule has 2 rings (SSSR count). The number of nitrogens with two attached hydrogens (primary N) is 1. The summed E-state index contributed by atoms with van der Waals surface area (Å²) in [7, 11) is 0. The van der Waals surface area contributed by atoms with Crippen LogP contribution < -0.4 is 11.1 Å². The van der Waals surface area contributed by atoms with E-state index in [1.54, 1.807) is 0 Å². The molecule has 1 aromatic heterocycles. The number of nitrogens with one attached hydrogen (secondary N) is 1. The molecule has 1 aliphatic carbocycles. The predicted molar refractivity (Wildman–Crippen MR) is 81.9 cm³/mol. The van der Waals surface area contributed by atoms with Crippen molar-refractivity contribution in [1.82, 2.24) is 4.98 Å². The first-order chi connectivity index (χ1) is 8.65. The number of nitrogens with zero attached hydrogens (tertiary/aromatic N) is 1. The summed E-state index contributed by atoms with van der Waals surface area (Å²) in [5.74, 6) is 0.115. The summed E-state index contributed by atoms with van der Waals surface area (Å²) in [6.45, 7) is 0. The fourth-order valence-corrected chi connectivity index (χ4v) is 2.37. The topological polar surface area (TPSA) is 68.0 Å². The number of halogens is 3. The molecule has 1 saturated carbocycles. The van der Waals surface area contributed by atoms with Crippen molar-refractivity contribution < 1.29 is 9.18 Å². The minimum atomic E-state index is -0.415. The zero-order valence-electron chi connectivity index (χ0n) is 11.0. The number of anilines is 1. The van der Waals surface area contributed by atoms with Crippen molar-refractivity contribution in [2.75, 3.05) is 5.32 Å². The first kappa shape index (κ1) is 19.1. The molecule has 7 heteroatoms. The van der Waals surface area contributed by atoms with Crippen LogP contribution in [-0.2, 0) is 4.79 Å². The molecule has 2 atom stereocenters. The summed E-state index contributed by atoms with van der Waals surface area (Å²) in [5, 5.41) is 2.66. The molecule has 0 radical (unpaired) electrons. The molecule has 20 heavy (non-hydrogen) atoms. The molecule has 0 aromatic carbocycles. The Hall–Kier alpha value is -0.910. The summed E-state index contributed by atoms with van der Waals surface area (Å²) in [4.78, 5) is 15.6. The molecule has 1 aliphatic rings. The Morgan fingerprint density at radius 3 is 2.65 bits per heavy atom. The first-order valence-electron chi connectivity index (χ1n) is 6.32. The Labute approximate surface area is 130 Å². The summed E-state index contributed by atoms with van der Waals surface area (Å²) in [5.41, 5.74) is 6.00. The normalized spacial score (nSPS) is 21.3. The number of amides is 1. The average Bonchev–Trinajstić information content (AvgIpc) is 2.35. The van der Waals surface area contributed by atoms with E-state index < -0.39 is 5.82 Å². The lowest BCUT2D eigenvalue weighted by molar-refractivity contribution is -0.117.